The maximum Gasteiger partial charge on any atom is 0.310 e. The quantitative estimate of drug-likeness (QED) is 0.413. The molecular formula is C26H24F2N2O5S. The Bertz CT molecular complexity index is 1250. The number of hydrogen-bond donors (Lipinski definition) is 0. The maximum atomic E-state index is 14.0. The van der Waals surface area contributed by atoms with Gasteiger partial charge in [0.05, 0.1) is 24.0 Å². The molecule has 0 aliphatic carbocycles. The van der Waals surface area contributed by atoms with Crippen molar-refractivity contribution in [1.82, 2.24) is 9.80 Å². The van der Waals surface area contributed by atoms with Gasteiger partial charge in [-0.25, -0.2) is 8.78 Å². The van der Waals surface area contributed by atoms with E-state index in [1.165, 1.54) is 12.1 Å². The summed E-state index contributed by atoms with van der Waals surface area (Å²) in [5.74, 6) is -3.09. The minimum Gasteiger partial charge on any atom is -0.466 e. The van der Waals surface area contributed by atoms with Crippen LogP contribution in [0.25, 0.3) is 6.08 Å². The average molecular weight is 515 g/mol. The highest BCUT2D eigenvalue weighted by molar-refractivity contribution is 8.18. The first-order valence-electron chi connectivity index (χ1n) is 11.5. The molecule has 2 aliphatic heterocycles. The molecule has 1 atom stereocenters. The van der Waals surface area contributed by atoms with E-state index in [0.29, 0.717) is 48.3 Å². The average Bonchev–Trinajstić information content (AvgIpc) is 3.12. The van der Waals surface area contributed by atoms with E-state index >= 15 is 0 Å². The third-order valence-electron chi connectivity index (χ3n) is 5.98. The molecule has 3 amide bonds. The number of carbonyl (C=O) groups excluding carboxylic acids is 4. The van der Waals surface area contributed by atoms with E-state index in [1.54, 1.807) is 36.1 Å². The van der Waals surface area contributed by atoms with Gasteiger partial charge in [-0.2, -0.15) is 0 Å². The molecule has 0 N–H and O–H groups in total. The molecule has 4 rings (SSSR count). The number of hydrogen-bond acceptors (Lipinski definition) is 6. The second kappa shape index (κ2) is 11.0. The second-order valence-corrected chi connectivity index (χ2v) is 9.46. The summed E-state index contributed by atoms with van der Waals surface area (Å²) in [6.45, 7) is 2.52. The van der Waals surface area contributed by atoms with Crippen LogP contribution >= 0.6 is 11.8 Å². The number of likely N-dealkylation sites (tertiary alicyclic amines) is 1. The predicted octanol–water partition coefficient (Wildman–Crippen LogP) is 4.62. The molecule has 2 aliphatic rings. The molecule has 1 unspecified atom stereocenters. The van der Waals surface area contributed by atoms with Crippen LogP contribution in [-0.4, -0.2) is 52.5 Å². The Morgan fingerprint density at radius 3 is 2.72 bits per heavy atom. The molecule has 0 spiro atoms. The number of esters is 1. The monoisotopic (exact) mass is 514 g/mol. The van der Waals surface area contributed by atoms with E-state index in [1.807, 2.05) is 0 Å². The Morgan fingerprint density at radius 2 is 1.97 bits per heavy atom. The highest BCUT2D eigenvalue weighted by Gasteiger charge is 2.35. The van der Waals surface area contributed by atoms with Gasteiger partial charge in [0, 0.05) is 30.3 Å². The van der Waals surface area contributed by atoms with Crippen molar-refractivity contribution in [3.8, 4) is 0 Å². The lowest BCUT2D eigenvalue weighted by Crippen LogP contribution is -2.42. The summed E-state index contributed by atoms with van der Waals surface area (Å²) in [4.78, 5) is 53.1. The van der Waals surface area contributed by atoms with Crippen LogP contribution < -0.4 is 0 Å². The number of halogens is 2. The normalized spacial score (nSPS) is 19.2. The molecule has 2 heterocycles. The number of rotatable bonds is 6. The molecule has 7 nitrogen and oxygen atoms in total. The topological polar surface area (TPSA) is 84.0 Å². The summed E-state index contributed by atoms with van der Waals surface area (Å²) < 4.78 is 32.3. The molecule has 2 fully saturated rings. The largest absolute Gasteiger partial charge is 0.466 e. The first-order valence-corrected chi connectivity index (χ1v) is 12.3. The van der Waals surface area contributed by atoms with Crippen molar-refractivity contribution in [1.29, 1.82) is 0 Å². The fourth-order valence-corrected chi connectivity index (χ4v) is 5.00. The Kier molecular flexibility index (Phi) is 7.83. The van der Waals surface area contributed by atoms with Crippen molar-refractivity contribution < 1.29 is 32.7 Å². The lowest BCUT2D eigenvalue weighted by atomic mass is 9.97. The van der Waals surface area contributed by atoms with Crippen LogP contribution in [0.15, 0.2) is 47.4 Å². The van der Waals surface area contributed by atoms with Gasteiger partial charge in [-0.1, -0.05) is 18.2 Å². The molecule has 2 aromatic carbocycles. The predicted molar refractivity (Wildman–Crippen MR) is 130 cm³/mol. The van der Waals surface area contributed by atoms with Crippen LogP contribution in [0.4, 0.5) is 13.6 Å². The number of benzene rings is 2. The van der Waals surface area contributed by atoms with Crippen molar-refractivity contribution in [3.63, 3.8) is 0 Å². The smallest absolute Gasteiger partial charge is 0.310 e. The fourth-order valence-electron chi connectivity index (χ4n) is 4.17. The number of amides is 3. The van der Waals surface area contributed by atoms with Crippen molar-refractivity contribution in [2.24, 2.45) is 5.92 Å². The summed E-state index contributed by atoms with van der Waals surface area (Å²) in [7, 11) is 0. The Labute approximate surface area is 211 Å². The van der Waals surface area contributed by atoms with Crippen molar-refractivity contribution in [3.05, 3.63) is 75.7 Å². The van der Waals surface area contributed by atoms with Crippen molar-refractivity contribution >= 4 is 40.9 Å². The van der Waals surface area contributed by atoms with E-state index in [2.05, 4.69) is 0 Å². The van der Waals surface area contributed by atoms with Gasteiger partial charge < -0.3 is 9.64 Å². The number of ether oxygens (including phenoxy) is 1. The maximum absolute atomic E-state index is 14.0. The van der Waals surface area contributed by atoms with Gasteiger partial charge >= 0.3 is 5.97 Å². The Balaban J connectivity index is 1.48. The van der Waals surface area contributed by atoms with Gasteiger partial charge in [0.15, 0.2) is 0 Å². The van der Waals surface area contributed by atoms with Crippen LogP contribution in [0.5, 0.6) is 0 Å². The lowest BCUT2D eigenvalue weighted by molar-refractivity contribution is -0.149. The number of nitrogens with zero attached hydrogens (tertiary/aromatic N) is 2. The van der Waals surface area contributed by atoms with Gasteiger partial charge in [-0.3, -0.25) is 24.1 Å². The van der Waals surface area contributed by atoms with E-state index in [4.69, 9.17) is 4.74 Å². The molecule has 0 radical (unpaired) electrons. The molecule has 188 valence electrons. The number of piperidine rings is 1. The first kappa shape index (κ1) is 25.6. The fraction of sp³-hybridized carbons (Fsp3) is 0.308. The number of carbonyl (C=O) groups is 4. The minimum atomic E-state index is -0.841. The van der Waals surface area contributed by atoms with Crippen molar-refractivity contribution in [2.45, 2.75) is 26.3 Å². The highest BCUT2D eigenvalue weighted by atomic mass is 32.2. The third kappa shape index (κ3) is 5.64. The number of imide groups is 1. The third-order valence-corrected chi connectivity index (χ3v) is 6.88. The van der Waals surface area contributed by atoms with Crippen LogP contribution in [0.2, 0.25) is 0 Å². The second-order valence-electron chi connectivity index (χ2n) is 8.47. The molecule has 2 saturated heterocycles. The van der Waals surface area contributed by atoms with Crippen LogP contribution in [0, 0.1) is 17.6 Å². The Hall–Kier alpha value is -3.53. The SMILES string of the molecule is CCOC(=O)C1CCCN(C(=O)c2cccc(/C=C3\SC(=O)N(Cc4ccc(F)cc4F)C3=O)c2)C1. The first-order chi connectivity index (χ1) is 17.3. The molecule has 10 heteroatoms. The molecule has 2 aromatic rings. The zero-order valence-corrected chi connectivity index (χ0v) is 20.4. The van der Waals surface area contributed by atoms with Gasteiger partial charge in [-0.15, -0.1) is 0 Å². The van der Waals surface area contributed by atoms with Crippen LogP contribution in [0.3, 0.4) is 0 Å². The lowest BCUT2D eigenvalue weighted by Gasteiger charge is -2.31. The molecule has 36 heavy (non-hydrogen) atoms. The van der Waals surface area contributed by atoms with Crippen molar-refractivity contribution in [2.75, 3.05) is 19.7 Å². The Morgan fingerprint density at radius 1 is 1.17 bits per heavy atom. The molecule has 0 saturated carbocycles. The summed E-state index contributed by atoms with van der Waals surface area (Å²) >= 11 is 0.711. The van der Waals surface area contributed by atoms with Gasteiger partial charge in [0.1, 0.15) is 11.6 Å². The zero-order valence-electron chi connectivity index (χ0n) is 19.5. The summed E-state index contributed by atoms with van der Waals surface area (Å²) in [5, 5.41) is -0.569. The summed E-state index contributed by atoms with van der Waals surface area (Å²) in [5.41, 5.74) is 0.953. The van der Waals surface area contributed by atoms with E-state index in [0.717, 1.165) is 11.0 Å². The van der Waals surface area contributed by atoms with Gasteiger partial charge in [-0.05, 0) is 61.4 Å². The van der Waals surface area contributed by atoms with Gasteiger partial charge in [0.2, 0.25) is 0 Å². The highest BCUT2D eigenvalue weighted by Crippen LogP contribution is 2.34. The standard InChI is InChI=1S/C26H24F2N2O5S/c1-2-35-25(33)19-7-4-10-29(14-19)23(31)17-6-3-5-16(11-17)12-22-24(32)30(26(34)36-22)15-18-8-9-20(27)13-21(18)28/h3,5-6,8-9,11-13,19H,2,4,7,10,14-15H2,1H3/b22-12-. The summed E-state index contributed by atoms with van der Waals surface area (Å²) in [6.07, 6.45) is 2.86. The van der Waals surface area contributed by atoms with E-state index in [-0.39, 0.29) is 48.0 Å². The summed E-state index contributed by atoms with van der Waals surface area (Å²) in [6, 6.07) is 9.59. The van der Waals surface area contributed by atoms with E-state index < -0.39 is 22.8 Å². The molecular weight excluding hydrogens is 490 g/mol. The zero-order chi connectivity index (χ0) is 25.8. The van der Waals surface area contributed by atoms with Crippen LogP contribution in [0.1, 0.15) is 41.3 Å². The molecule has 0 aromatic heterocycles. The minimum absolute atomic E-state index is 0.0233. The number of thioether (sulfide) groups is 1. The van der Waals surface area contributed by atoms with Gasteiger partial charge in [0.25, 0.3) is 17.1 Å². The van der Waals surface area contributed by atoms with E-state index in [9.17, 15) is 28.0 Å². The van der Waals surface area contributed by atoms with Crippen LogP contribution in [-0.2, 0) is 20.9 Å². The molecule has 0 bridgehead atoms.